The molecule has 0 bridgehead atoms. The maximum absolute atomic E-state index is 13.3. The first kappa shape index (κ1) is 29.6. The molecule has 2 N–H and O–H groups in total. The number of alkyl halides is 5. The van der Waals surface area contributed by atoms with Crippen LogP contribution in [-0.4, -0.2) is 72.0 Å². The first-order valence-electron chi connectivity index (χ1n) is 10.8. The maximum atomic E-state index is 13.3. The van der Waals surface area contributed by atoms with Gasteiger partial charge in [0.15, 0.2) is 4.75 Å². The van der Waals surface area contributed by atoms with Gasteiger partial charge < -0.3 is 4.74 Å². The van der Waals surface area contributed by atoms with E-state index in [1.807, 2.05) is 0 Å². The van der Waals surface area contributed by atoms with Crippen molar-refractivity contribution >= 4 is 28.3 Å². The Kier molecular flexibility index (Phi) is 9.48. The molecule has 1 aromatic rings. The smallest absolute Gasteiger partial charge is 0.381 e. The van der Waals surface area contributed by atoms with E-state index in [0.717, 1.165) is 5.56 Å². The summed E-state index contributed by atoms with van der Waals surface area (Å²) in [6, 6.07) is 3.00. The van der Waals surface area contributed by atoms with Crippen LogP contribution in [0.2, 0.25) is 0 Å². The van der Waals surface area contributed by atoms with Crippen LogP contribution in [0.4, 0.5) is 22.0 Å². The van der Waals surface area contributed by atoms with Crippen molar-refractivity contribution < 1.29 is 45.1 Å². The van der Waals surface area contributed by atoms with Crippen molar-refractivity contribution in [3.05, 3.63) is 29.6 Å². The number of nitrogens with one attached hydrogen (secondary N) is 1. The molecule has 0 saturated carbocycles. The van der Waals surface area contributed by atoms with Gasteiger partial charge in [0, 0.05) is 57.5 Å². The van der Waals surface area contributed by atoms with Crippen molar-refractivity contribution in [2.24, 2.45) is 0 Å². The lowest BCUT2D eigenvalue weighted by molar-refractivity contribution is -0.284. The fourth-order valence-corrected chi connectivity index (χ4v) is 6.48. The van der Waals surface area contributed by atoms with Crippen LogP contribution in [0.25, 0.3) is 0 Å². The number of hydrogen-bond acceptors (Lipinski definition) is 6. The molecule has 8 nitrogen and oxygen atoms in total. The number of carbonyl (C=O) groups is 1. The first-order valence-corrected chi connectivity index (χ1v) is 12.2. The van der Waals surface area contributed by atoms with E-state index in [0.29, 0.717) is 12.8 Å². The van der Waals surface area contributed by atoms with Crippen LogP contribution in [0.3, 0.4) is 0 Å². The number of rotatable bonds is 7. The standard InChI is InChI=1S/C20H26F5N3O5S.ClH/c21-19(22,20(23,24)25)6-3-16-2-1-15(13-26-16)14-4-9-28(10-5-14)34(31,32)18(17(29)27-30)7-11-33-12-8-18;/h1-2,13-14,30H,3-12H2,(H,27,29);1H. The molecule has 2 fully saturated rings. The Morgan fingerprint density at radius 2 is 1.77 bits per heavy atom. The molecular formula is C20H27ClF5N3O5S. The number of hydrogen-bond donors (Lipinski definition) is 2. The van der Waals surface area contributed by atoms with Crippen LogP contribution in [0.15, 0.2) is 18.3 Å². The van der Waals surface area contributed by atoms with E-state index in [9.17, 15) is 35.2 Å². The number of aryl methyl sites for hydroxylation is 1. The van der Waals surface area contributed by atoms with Gasteiger partial charge in [-0.25, -0.2) is 18.2 Å². The second-order valence-corrected chi connectivity index (χ2v) is 10.8. The van der Waals surface area contributed by atoms with Gasteiger partial charge in [0.2, 0.25) is 10.0 Å². The lowest BCUT2D eigenvalue weighted by atomic mass is 9.91. The Balaban J connectivity index is 0.00000432. The van der Waals surface area contributed by atoms with Crippen molar-refractivity contribution in [2.75, 3.05) is 26.3 Å². The second kappa shape index (κ2) is 11.2. The van der Waals surface area contributed by atoms with E-state index in [1.165, 1.54) is 22.0 Å². The number of hydroxylamine groups is 1. The molecule has 0 spiro atoms. The molecule has 3 rings (SSSR count). The summed E-state index contributed by atoms with van der Waals surface area (Å²) in [5.41, 5.74) is 2.29. The van der Waals surface area contributed by atoms with Gasteiger partial charge in [0.05, 0.1) is 0 Å². The monoisotopic (exact) mass is 551 g/mol. The lowest BCUT2D eigenvalue weighted by Crippen LogP contribution is -2.60. The summed E-state index contributed by atoms with van der Waals surface area (Å²) in [7, 11) is -4.10. The Morgan fingerprint density at radius 3 is 2.26 bits per heavy atom. The molecule has 200 valence electrons. The van der Waals surface area contributed by atoms with E-state index in [4.69, 9.17) is 9.94 Å². The summed E-state index contributed by atoms with van der Waals surface area (Å²) in [6.45, 7) is 0.369. The quantitative estimate of drug-likeness (QED) is 0.306. The SMILES string of the molecule is Cl.O=C(NO)C1(S(=O)(=O)N2CCC(c3ccc(CCC(F)(F)C(F)(F)F)nc3)CC2)CCOCC1. The fraction of sp³-hybridized carbons (Fsp3) is 0.700. The summed E-state index contributed by atoms with van der Waals surface area (Å²) < 4.78 is 94.4. The number of aromatic nitrogens is 1. The number of piperidine rings is 1. The van der Waals surface area contributed by atoms with E-state index in [-0.39, 0.29) is 63.2 Å². The number of amides is 1. The number of sulfonamides is 1. The van der Waals surface area contributed by atoms with E-state index in [1.54, 1.807) is 6.07 Å². The molecule has 0 aliphatic carbocycles. The largest absolute Gasteiger partial charge is 0.453 e. The second-order valence-electron chi connectivity index (χ2n) is 8.51. The summed E-state index contributed by atoms with van der Waals surface area (Å²) in [5, 5.41) is 9.12. The van der Waals surface area contributed by atoms with Gasteiger partial charge in [-0.15, -0.1) is 12.4 Å². The highest BCUT2D eigenvalue weighted by molar-refractivity contribution is 7.91. The van der Waals surface area contributed by atoms with E-state index in [2.05, 4.69) is 4.98 Å². The molecule has 2 saturated heterocycles. The minimum Gasteiger partial charge on any atom is -0.381 e. The Bertz CT molecular complexity index is 964. The zero-order valence-corrected chi connectivity index (χ0v) is 20.2. The molecule has 0 atom stereocenters. The number of pyridine rings is 1. The fourth-order valence-electron chi connectivity index (χ4n) is 4.33. The summed E-state index contributed by atoms with van der Waals surface area (Å²) in [6.07, 6.45) is -5.49. The van der Waals surface area contributed by atoms with Crippen LogP contribution >= 0.6 is 12.4 Å². The Hall–Kier alpha value is -1.61. The summed E-state index contributed by atoms with van der Waals surface area (Å²) in [4.78, 5) is 16.3. The van der Waals surface area contributed by atoms with Crippen molar-refractivity contribution in [1.82, 2.24) is 14.8 Å². The third kappa shape index (κ3) is 6.04. The Morgan fingerprint density at radius 1 is 1.17 bits per heavy atom. The van der Waals surface area contributed by atoms with Gasteiger partial charge in [-0.2, -0.15) is 22.0 Å². The molecule has 0 unspecified atom stereocenters. The number of nitrogens with zero attached hydrogens (tertiary/aromatic N) is 2. The molecular weight excluding hydrogens is 525 g/mol. The number of ether oxygens (including phenoxy) is 1. The normalized spacial score (nSPS) is 20.2. The van der Waals surface area contributed by atoms with Crippen molar-refractivity contribution in [1.29, 1.82) is 0 Å². The molecule has 3 heterocycles. The molecule has 1 aromatic heterocycles. The van der Waals surface area contributed by atoms with E-state index >= 15 is 0 Å². The summed E-state index contributed by atoms with van der Waals surface area (Å²) in [5.74, 6) is -5.88. The molecule has 2 aliphatic heterocycles. The third-order valence-electron chi connectivity index (χ3n) is 6.53. The van der Waals surface area contributed by atoms with Crippen molar-refractivity contribution in [2.45, 2.75) is 61.3 Å². The molecule has 2 aliphatic rings. The van der Waals surface area contributed by atoms with Crippen LogP contribution in [0.1, 0.15) is 49.3 Å². The van der Waals surface area contributed by atoms with Crippen LogP contribution in [-0.2, 0) is 26.0 Å². The predicted molar refractivity (Wildman–Crippen MR) is 116 cm³/mol. The zero-order chi connectivity index (χ0) is 25.2. The predicted octanol–water partition coefficient (Wildman–Crippen LogP) is 3.20. The molecule has 15 heteroatoms. The average molecular weight is 552 g/mol. The van der Waals surface area contributed by atoms with Gasteiger partial charge in [-0.3, -0.25) is 15.0 Å². The average Bonchev–Trinajstić information content (AvgIpc) is 2.82. The van der Waals surface area contributed by atoms with Gasteiger partial charge in [-0.1, -0.05) is 6.07 Å². The zero-order valence-electron chi connectivity index (χ0n) is 18.6. The highest BCUT2D eigenvalue weighted by Crippen LogP contribution is 2.39. The van der Waals surface area contributed by atoms with Gasteiger partial charge in [0.1, 0.15) is 0 Å². The lowest BCUT2D eigenvalue weighted by Gasteiger charge is -2.40. The number of halogens is 6. The van der Waals surface area contributed by atoms with Gasteiger partial charge in [0.25, 0.3) is 5.91 Å². The third-order valence-corrected chi connectivity index (χ3v) is 9.16. The van der Waals surface area contributed by atoms with Crippen LogP contribution in [0, 0.1) is 0 Å². The molecule has 35 heavy (non-hydrogen) atoms. The van der Waals surface area contributed by atoms with Crippen LogP contribution in [0.5, 0.6) is 0 Å². The minimum absolute atomic E-state index is 0. The maximum Gasteiger partial charge on any atom is 0.453 e. The minimum atomic E-state index is -5.61. The van der Waals surface area contributed by atoms with Crippen LogP contribution < -0.4 is 5.48 Å². The highest BCUT2D eigenvalue weighted by atomic mass is 35.5. The van der Waals surface area contributed by atoms with Gasteiger partial charge in [-0.05, 0) is 36.8 Å². The summed E-state index contributed by atoms with van der Waals surface area (Å²) >= 11 is 0. The molecule has 0 aromatic carbocycles. The molecule has 1 amide bonds. The first-order chi connectivity index (χ1) is 15.8. The Labute approximate surface area is 205 Å². The topological polar surface area (TPSA) is 109 Å². The van der Waals surface area contributed by atoms with Crippen molar-refractivity contribution in [3.63, 3.8) is 0 Å². The van der Waals surface area contributed by atoms with E-state index < -0.39 is 45.6 Å². The van der Waals surface area contributed by atoms with Crippen molar-refractivity contribution in [3.8, 4) is 0 Å². The molecule has 0 radical (unpaired) electrons. The highest BCUT2D eigenvalue weighted by Gasteiger charge is 2.57. The van der Waals surface area contributed by atoms with Gasteiger partial charge >= 0.3 is 12.1 Å². The number of carbonyl (C=O) groups excluding carboxylic acids is 1.